The van der Waals surface area contributed by atoms with Crippen LogP contribution in [0.3, 0.4) is 0 Å². The molecule has 1 aromatic heterocycles. The minimum Gasteiger partial charge on any atom is -0.313 e. The van der Waals surface area contributed by atoms with Crippen LogP contribution in [-0.4, -0.2) is 48.5 Å². The number of pyridine rings is 1. The number of hydrogen-bond donors (Lipinski definition) is 1. The van der Waals surface area contributed by atoms with Gasteiger partial charge in [-0.05, 0) is 48.4 Å². The van der Waals surface area contributed by atoms with Gasteiger partial charge in [-0.25, -0.2) is 8.78 Å². The van der Waals surface area contributed by atoms with Crippen molar-refractivity contribution in [1.29, 1.82) is 0 Å². The lowest BCUT2D eigenvalue weighted by Crippen LogP contribution is -2.48. The number of likely N-dealkylation sites (N-methyl/N-ethyl adjacent to an activating group) is 1. The van der Waals surface area contributed by atoms with Crippen LogP contribution in [0.4, 0.5) is 14.5 Å². The van der Waals surface area contributed by atoms with Crippen molar-refractivity contribution in [2.75, 3.05) is 31.6 Å². The Morgan fingerprint density at radius 1 is 1.15 bits per heavy atom. The minimum atomic E-state index is -0.411. The molecular weight excluding hydrogens is 422 g/mol. The lowest BCUT2D eigenvalue weighted by atomic mass is 10.1. The third kappa shape index (κ3) is 5.80. The number of amides is 1. The molecule has 0 radical (unpaired) electrons. The van der Waals surface area contributed by atoms with Gasteiger partial charge in [-0.1, -0.05) is 24.3 Å². The third-order valence-corrected chi connectivity index (χ3v) is 5.91. The topological polar surface area (TPSA) is 48.5 Å². The van der Waals surface area contributed by atoms with Gasteiger partial charge in [-0.15, -0.1) is 0 Å². The van der Waals surface area contributed by atoms with Gasteiger partial charge >= 0.3 is 0 Å². The van der Waals surface area contributed by atoms with Crippen molar-refractivity contribution < 1.29 is 13.6 Å². The largest absolute Gasteiger partial charge is 0.313 e. The molecule has 0 saturated carbocycles. The summed E-state index contributed by atoms with van der Waals surface area (Å²) in [4.78, 5) is 20.8. The smallest absolute Gasteiger partial charge is 0.231 e. The molecule has 1 atom stereocenters. The van der Waals surface area contributed by atoms with Gasteiger partial charge in [0.05, 0.1) is 17.8 Å². The summed E-state index contributed by atoms with van der Waals surface area (Å²) in [6.45, 7) is 5.61. The molecule has 172 valence electrons. The van der Waals surface area contributed by atoms with Crippen LogP contribution in [-0.2, 0) is 17.8 Å². The highest BCUT2D eigenvalue weighted by molar-refractivity contribution is 5.94. The molecule has 0 aliphatic carbocycles. The van der Waals surface area contributed by atoms with Crippen LogP contribution in [0.2, 0.25) is 0 Å². The molecule has 2 aromatic carbocycles. The number of hydrogen-bond acceptors (Lipinski definition) is 4. The van der Waals surface area contributed by atoms with Crippen LogP contribution in [0.25, 0.3) is 11.3 Å². The molecule has 1 fully saturated rings. The van der Waals surface area contributed by atoms with Crippen LogP contribution in [0, 0.1) is 11.6 Å². The summed E-state index contributed by atoms with van der Waals surface area (Å²) in [5, 5.41) is 3.40. The maximum atomic E-state index is 14.8. The SMILES string of the molecule is C[C@H]1CN(Cc2ccc(N(C)C(=O)Cc3ccc(-c4cccc(F)c4)nc3)c(F)c2)CCN1. The van der Waals surface area contributed by atoms with Crippen molar-refractivity contribution in [3.63, 3.8) is 0 Å². The second-order valence-electron chi connectivity index (χ2n) is 8.57. The van der Waals surface area contributed by atoms with Crippen molar-refractivity contribution in [2.24, 2.45) is 0 Å². The molecular formula is C26H28F2N4O. The summed E-state index contributed by atoms with van der Waals surface area (Å²) >= 11 is 0. The fraction of sp³-hybridized carbons (Fsp3) is 0.308. The first-order valence-corrected chi connectivity index (χ1v) is 11.1. The predicted molar refractivity (Wildman–Crippen MR) is 126 cm³/mol. The number of carbonyl (C=O) groups excluding carboxylic acids is 1. The average molecular weight is 451 g/mol. The summed E-state index contributed by atoms with van der Waals surface area (Å²) in [5.74, 6) is -0.977. The Kier molecular flexibility index (Phi) is 7.11. The zero-order valence-corrected chi connectivity index (χ0v) is 18.9. The van der Waals surface area contributed by atoms with Crippen LogP contribution in [0.15, 0.2) is 60.8 Å². The van der Waals surface area contributed by atoms with Gasteiger partial charge in [0.15, 0.2) is 0 Å². The van der Waals surface area contributed by atoms with Crippen molar-refractivity contribution in [3.05, 3.63) is 83.6 Å². The first-order valence-electron chi connectivity index (χ1n) is 11.1. The molecule has 0 spiro atoms. The van der Waals surface area contributed by atoms with Gasteiger partial charge in [-0.3, -0.25) is 14.7 Å². The Morgan fingerprint density at radius 3 is 2.67 bits per heavy atom. The highest BCUT2D eigenvalue weighted by Gasteiger charge is 2.19. The molecule has 0 unspecified atom stereocenters. The zero-order valence-electron chi connectivity index (χ0n) is 18.9. The van der Waals surface area contributed by atoms with Gasteiger partial charge < -0.3 is 10.2 Å². The molecule has 1 N–H and O–H groups in total. The number of halogens is 2. The summed E-state index contributed by atoms with van der Waals surface area (Å²) < 4.78 is 28.3. The molecule has 7 heteroatoms. The predicted octanol–water partition coefficient (Wildman–Crippen LogP) is 4.03. The van der Waals surface area contributed by atoms with Crippen molar-refractivity contribution >= 4 is 11.6 Å². The number of nitrogens with zero attached hydrogens (tertiary/aromatic N) is 3. The van der Waals surface area contributed by atoms with Gasteiger partial charge in [0.2, 0.25) is 5.91 Å². The Balaban J connectivity index is 1.39. The highest BCUT2D eigenvalue weighted by atomic mass is 19.1. The number of anilines is 1. The van der Waals surface area contributed by atoms with E-state index in [0.717, 1.165) is 25.2 Å². The summed E-state index contributed by atoms with van der Waals surface area (Å²) in [5.41, 5.74) is 3.14. The Morgan fingerprint density at radius 2 is 1.97 bits per heavy atom. The van der Waals surface area contributed by atoms with Crippen LogP contribution in [0.1, 0.15) is 18.1 Å². The standard InChI is InChI=1S/C26H28F2N4O/c1-18-16-32(11-10-29-18)17-20-7-9-25(23(28)12-20)31(2)26(33)13-19-6-8-24(30-15-19)21-4-3-5-22(27)14-21/h3-9,12,14-15,18,29H,10-11,13,16-17H2,1-2H3/t18-/m0/s1. The van der Waals surface area contributed by atoms with Crippen LogP contribution in [0.5, 0.6) is 0 Å². The molecule has 0 bridgehead atoms. The van der Waals surface area contributed by atoms with E-state index in [1.54, 1.807) is 43.6 Å². The lowest BCUT2D eigenvalue weighted by Gasteiger charge is -2.32. The molecule has 1 aliphatic rings. The maximum absolute atomic E-state index is 14.8. The number of rotatable bonds is 6. The maximum Gasteiger partial charge on any atom is 0.231 e. The Bertz CT molecular complexity index is 1120. The average Bonchev–Trinajstić information content (AvgIpc) is 2.79. The first-order chi connectivity index (χ1) is 15.9. The van der Waals surface area contributed by atoms with Crippen molar-refractivity contribution in [1.82, 2.24) is 15.2 Å². The van der Waals surface area contributed by atoms with E-state index >= 15 is 0 Å². The zero-order chi connectivity index (χ0) is 23.4. The quantitative estimate of drug-likeness (QED) is 0.616. The summed E-state index contributed by atoms with van der Waals surface area (Å²) in [7, 11) is 1.58. The Labute approximate surface area is 193 Å². The van der Waals surface area contributed by atoms with E-state index < -0.39 is 5.82 Å². The normalized spacial score (nSPS) is 16.5. The van der Waals surface area contributed by atoms with Crippen molar-refractivity contribution in [3.8, 4) is 11.3 Å². The van der Waals surface area contributed by atoms with E-state index in [0.29, 0.717) is 29.4 Å². The fourth-order valence-electron chi connectivity index (χ4n) is 4.11. The van der Waals surface area contributed by atoms with Crippen LogP contribution < -0.4 is 10.2 Å². The van der Waals surface area contributed by atoms with E-state index in [-0.39, 0.29) is 23.8 Å². The van der Waals surface area contributed by atoms with Gasteiger partial charge in [0.25, 0.3) is 0 Å². The van der Waals surface area contributed by atoms with E-state index in [1.807, 2.05) is 6.07 Å². The monoisotopic (exact) mass is 450 g/mol. The molecule has 4 rings (SSSR count). The highest BCUT2D eigenvalue weighted by Crippen LogP contribution is 2.22. The fourth-order valence-corrected chi connectivity index (χ4v) is 4.11. The molecule has 1 aliphatic heterocycles. The van der Waals surface area contributed by atoms with E-state index in [1.165, 1.54) is 23.1 Å². The molecule has 3 aromatic rings. The van der Waals surface area contributed by atoms with Crippen LogP contribution >= 0.6 is 0 Å². The van der Waals surface area contributed by atoms with Gasteiger partial charge in [-0.2, -0.15) is 0 Å². The molecule has 1 saturated heterocycles. The molecule has 33 heavy (non-hydrogen) atoms. The number of benzene rings is 2. The van der Waals surface area contributed by atoms with Crippen molar-refractivity contribution in [2.45, 2.75) is 25.9 Å². The molecule has 2 heterocycles. The number of piperazine rings is 1. The minimum absolute atomic E-state index is 0.0901. The third-order valence-electron chi connectivity index (χ3n) is 5.91. The Hall–Kier alpha value is -3.16. The molecule has 5 nitrogen and oxygen atoms in total. The van der Waals surface area contributed by atoms with E-state index in [9.17, 15) is 13.6 Å². The van der Waals surface area contributed by atoms with E-state index in [4.69, 9.17) is 0 Å². The van der Waals surface area contributed by atoms with E-state index in [2.05, 4.69) is 22.1 Å². The second-order valence-corrected chi connectivity index (χ2v) is 8.57. The second kappa shape index (κ2) is 10.2. The van der Waals surface area contributed by atoms with Gasteiger partial charge in [0, 0.05) is 51.0 Å². The first kappa shape index (κ1) is 23.0. The molecule has 1 amide bonds. The van der Waals surface area contributed by atoms with Gasteiger partial charge in [0.1, 0.15) is 11.6 Å². The lowest BCUT2D eigenvalue weighted by molar-refractivity contribution is -0.117. The number of aromatic nitrogens is 1. The summed E-state index contributed by atoms with van der Waals surface area (Å²) in [6, 6.07) is 15.2. The summed E-state index contributed by atoms with van der Waals surface area (Å²) in [6.07, 6.45) is 1.69. The number of nitrogens with one attached hydrogen (secondary N) is 1. The number of carbonyl (C=O) groups is 1.